The third-order valence-electron chi connectivity index (χ3n) is 3.97. The van der Waals surface area contributed by atoms with E-state index < -0.39 is 30.3 Å². The molecule has 2 aromatic carbocycles. The SMILES string of the molecule is Cc1ccc(Cl)cc1NC(=O)COC(=O)CCCC(=O)NNC(=O)c1ccccc1. The van der Waals surface area contributed by atoms with Crippen molar-refractivity contribution in [2.24, 2.45) is 0 Å². The van der Waals surface area contributed by atoms with Gasteiger partial charge < -0.3 is 10.1 Å². The Morgan fingerprint density at radius 1 is 0.933 bits per heavy atom. The Bertz CT molecular complexity index is 918. The van der Waals surface area contributed by atoms with Gasteiger partial charge in [0, 0.05) is 29.1 Å². The van der Waals surface area contributed by atoms with Gasteiger partial charge in [-0.1, -0.05) is 35.9 Å². The van der Waals surface area contributed by atoms with Crippen molar-refractivity contribution in [3.8, 4) is 0 Å². The Balaban J connectivity index is 1.61. The molecule has 0 aliphatic heterocycles. The van der Waals surface area contributed by atoms with Gasteiger partial charge >= 0.3 is 5.97 Å². The number of hydrogen-bond donors (Lipinski definition) is 3. The summed E-state index contributed by atoms with van der Waals surface area (Å²) in [4.78, 5) is 47.2. The molecule has 0 saturated carbocycles. The zero-order valence-corrected chi connectivity index (χ0v) is 17.1. The minimum absolute atomic E-state index is 0.0120. The Hall–Kier alpha value is -3.39. The first-order valence-corrected chi connectivity index (χ1v) is 9.59. The highest BCUT2D eigenvalue weighted by atomic mass is 35.5. The summed E-state index contributed by atoms with van der Waals surface area (Å²) >= 11 is 5.89. The highest BCUT2D eigenvalue weighted by Gasteiger charge is 2.11. The minimum atomic E-state index is -0.603. The second kappa shape index (κ2) is 11.6. The number of anilines is 1. The molecule has 2 aromatic rings. The topological polar surface area (TPSA) is 114 Å². The predicted molar refractivity (Wildman–Crippen MR) is 112 cm³/mol. The molecule has 0 fully saturated rings. The van der Waals surface area contributed by atoms with Crippen molar-refractivity contribution in [2.75, 3.05) is 11.9 Å². The van der Waals surface area contributed by atoms with E-state index >= 15 is 0 Å². The average Bonchev–Trinajstić information content (AvgIpc) is 2.73. The number of benzene rings is 2. The highest BCUT2D eigenvalue weighted by molar-refractivity contribution is 6.31. The molecule has 0 aliphatic rings. The first-order chi connectivity index (χ1) is 14.3. The van der Waals surface area contributed by atoms with E-state index in [1.807, 2.05) is 6.92 Å². The van der Waals surface area contributed by atoms with E-state index in [1.54, 1.807) is 48.5 Å². The Morgan fingerprint density at radius 3 is 2.40 bits per heavy atom. The van der Waals surface area contributed by atoms with Crippen LogP contribution < -0.4 is 16.2 Å². The molecule has 0 spiro atoms. The monoisotopic (exact) mass is 431 g/mol. The van der Waals surface area contributed by atoms with E-state index in [2.05, 4.69) is 16.2 Å². The van der Waals surface area contributed by atoms with Crippen LogP contribution in [0.3, 0.4) is 0 Å². The molecule has 9 heteroatoms. The summed E-state index contributed by atoms with van der Waals surface area (Å²) in [6, 6.07) is 13.5. The van der Waals surface area contributed by atoms with Crippen molar-refractivity contribution in [3.63, 3.8) is 0 Å². The summed E-state index contributed by atoms with van der Waals surface area (Å²) in [6.45, 7) is 1.37. The molecule has 158 valence electrons. The van der Waals surface area contributed by atoms with Gasteiger partial charge in [0.25, 0.3) is 11.8 Å². The van der Waals surface area contributed by atoms with Crippen LogP contribution in [0.4, 0.5) is 5.69 Å². The van der Waals surface area contributed by atoms with Gasteiger partial charge in [0.05, 0.1) is 0 Å². The van der Waals surface area contributed by atoms with Gasteiger partial charge in [-0.3, -0.25) is 30.0 Å². The molecule has 3 N–H and O–H groups in total. The Kier molecular flexibility index (Phi) is 8.83. The number of ether oxygens (including phenoxy) is 1. The molecule has 0 aliphatic carbocycles. The van der Waals surface area contributed by atoms with Crippen LogP contribution in [0.15, 0.2) is 48.5 Å². The molecule has 0 saturated heterocycles. The van der Waals surface area contributed by atoms with E-state index in [0.29, 0.717) is 16.3 Å². The third-order valence-corrected chi connectivity index (χ3v) is 4.21. The molecule has 2 rings (SSSR count). The number of rotatable bonds is 8. The maximum absolute atomic E-state index is 11.9. The van der Waals surface area contributed by atoms with Gasteiger partial charge in [0.15, 0.2) is 6.61 Å². The van der Waals surface area contributed by atoms with Gasteiger partial charge in [-0.2, -0.15) is 0 Å². The quantitative estimate of drug-likeness (QED) is 0.439. The van der Waals surface area contributed by atoms with Gasteiger partial charge in [0.1, 0.15) is 0 Å². The van der Waals surface area contributed by atoms with Gasteiger partial charge in [0.2, 0.25) is 5.91 Å². The van der Waals surface area contributed by atoms with E-state index in [1.165, 1.54) is 0 Å². The van der Waals surface area contributed by atoms with E-state index in [4.69, 9.17) is 16.3 Å². The number of halogens is 1. The number of carbonyl (C=O) groups excluding carboxylic acids is 4. The van der Waals surface area contributed by atoms with Gasteiger partial charge in [-0.05, 0) is 43.2 Å². The number of esters is 1. The zero-order valence-electron chi connectivity index (χ0n) is 16.4. The molecule has 3 amide bonds. The number of nitrogens with one attached hydrogen (secondary N) is 3. The third kappa shape index (κ3) is 7.92. The van der Waals surface area contributed by atoms with Gasteiger partial charge in [-0.25, -0.2) is 0 Å². The standard InChI is InChI=1S/C21H22ClN3O5/c1-14-10-11-16(22)12-17(14)23-19(27)13-30-20(28)9-5-8-18(26)24-25-21(29)15-6-3-2-4-7-15/h2-4,6-7,10-12H,5,8-9,13H2,1H3,(H,23,27)(H,24,26)(H,25,29). The molecule has 30 heavy (non-hydrogen) atoms. The second-order valence-corrected chi connectivity index (χ2v) is 6.83. The largest absolute Gasteiger partial charge is 0.456 e. The zero-order chi connectivity index (χ0) is 21.9. The predicted octanol–water partition coefficient (Wildman–Crippen LogP) is 2.76. The number of amides is 3. The summed E-state index contributed by atoms with van der Waals surface area (Å²) in [5.74, 6) is -1.98. The summed E-state index contributed by atoms with van der Waals surface area (Å²) in [5.41, 5.74) is 6.34. The molecule has 0 unspecified atom stereocenters. The smallest absolute Gasteiger partial charge is 0.306 e. The molecule has 0 heterocycles. The van der Waals surface area contributed by atoms with Crippen LogP contribution in [0, 0.1) is 6.92 Å². The number of aryl methyl sites for hydroxylation is 1. The molecule has 0 bridgehead atoms. The Labute approximate surface area is 178 Å². The molecule has 0 radical (unpaired) electrons. The lowest BCUT2D eigenvalue weighted by atomic mass is 10.2. The van der Waals surface area contributed by atoms with Crippen LogP contribution in [-0.4, -0.2) is 30.3 Å². The van der Waals surface area contributed by atoms with Crippen molar-refractivity contribution in [1.82, 2.24) is 10.9 Å². The van der Waals surface area contributed by atoms with Crippen molar-refractivity contribution in [1.29, 1.82) is 0 Å². The highest BCUT2D eigenvalue weighted by Crippen LogP contribution is 2.20. The normalized spacial score (nSPS) is 10.1. The van der Waals surface area contributed by atoms with Crippen LogP contribution in [0.5, 0.6) is 0 Å². The number of carbonyl (C=O) groups is 4. The number of hydrogen-bond acceptors (Lipinski definition) is 5. The van der Waals surface area contributed by atoms with Crippen molar-refractivity contribution in [2.45, 2.75) is 26.2 Å². The Morgan fingerprint density at radius 2 is 1.67 bits per heavy atom. The van der Waals surface area contributed by atoms with Crippen LogP contribution in [0.2, 0.25) is 5.02 Å². The maximum atomic E-state index is 11.9. The van der Waals surface area contributed by atoms with E-state index in [-0.39, 0.29) is 19.3 Å². The fraction of sp³-hybridized carbons (Fsp3) is 0.238. The van der Waals surface area contributed by atoms with Gasteiger partial charge in [-0.15, -0.1) is 0 Å². The summed E-state index contributed by atoms with van der Waals surface area (Å²) in [5, 5.41) is 3.09. The maximum Gasteiger partial charge on any atom is 0.306 e. The summed E-state index contributed by atoms with van der Waals surface area (Å²) in [6.07, 6.45) is 0.183. The molecular weight excluding hydrogens is 410 g/mol. The fourth-order valence-corrected chi connectivity index (χ4v) is 2.55. The van der Waals surface area contributed by atoms with E-state index in [0.717, 1.165) is 5.56 Å². The molecule has 8 nitrogen and oxygen atoms in total. The van der Waals surface area contributed by atoms with Crippen LogP contribution in [0.1, 0.15) is 35.2 Å². The van der Waals surface area contributed by atoms with E-state index in [9.17, 15) is 19.2 Å². The lowest BCUT2D eigenvalue weighted by Gasteiger charge is -2.09. The number of hydrazine groups is 1. The van der Waals surface area contributed by atoms with Crippen LogP contribution >= 0.6 is 11.6 Å². The molecule has 0 atom stereocenters. The second-order valence-electron chi connectivity index (χ2n) is 6.39. The minimum Gasteiger partial charge on any atom is -0.456 e. The summed E-state index contributed by atoms with van der Waals surface area (Å²) in [7, 11) is 0. The van der Waals surface area contributed by atoms with Crippen LogP contribution in [-0.2, 0) is 19.1 Å². The molecule has 0 aromatic heterocycles. The fourth-order valence-electron chi connectivity index (χ4n) is 2.38. The lowest BCUT2D eigenvalue weighted by Crippen LogP contribution is -2.41. The van der Waals surface area contributed by atoms with Crippen molar-refractivity contribution in [3.05, 3.63) is 64.7 Å². The van der Waals surface area contributed by atoms with Crippen molar-refractivity contribution >= 4 is 41.0 Å². The van der Waals surface area contributed by atoms with Crippen molar-refractivity contribution < 1.29 is 23.9 Å². The average molecular weight is 432 g/mol. The lowest BCUT2D eigenvalue weighted by molar-refractivity contribution is -0.147. The molecular formula is C21H22ClN3O5. The van der Waals surface area contributed by atoms with Crippen LogP contribution in [0.25, 0.3) is 0 Å². The first-order valence-electron chi connectivity index (χ1n) is 9.21. The summed E-state index contributed by atoms with van der Waals surface area (Å²) < 4.78 is 4.90. The first kappa shape index (κ1) is 22.9.